The Labute approximate surface area is 189 Å². The molecule has 172 valence electrons. The second-order valence-corrected chi connectivity index (χ2v) is 8.68. The number of nitrogens with zero attached hydrogens (tertiary/aromatic N) is 1. The van der Waals surface area contributed by atoms with Gasteiger partial charge in [-0.2, -0.15) is 13.2 Å². The molecule has 2 aromatic rings. The third-order valence-corrected chi connectivity index (χ3v) is 6.27. The fourth-order valence-corrected chi connectivity index (χ4v) is 4.27. The molecule has 2 aliphatic heterocycles. The highest BCUT2D eigenvalue weighted by molar-refractivity contribution is 6.30. The summed E-state index contributed by atoms with van der Waals surface area (Å²) in [7, 11) is 0. The van der Waals surface area contributed by atoms with Crippen molar-refractivity contribution >= 4 is 17.7 Å². The van der Waals surface area contributed by atoms with E-state index in [-0.39, 0.29) is 11.8 Å². The van der Waals surface area contributed by atoms with E-state index in [1.807, 2.05) is 12.1 Å². The van der Waals surface area contributed by atoms with E-state index in [9.17, 15) is 18.0 Å². The average molecular weight is 469 g/mol. The van der Waals surface area contributed by atoms with E-state index in [4.69, 9.17) is 21.1 Å². The molecule has 9 heteroatoms. The quantitative estimate of drug-likeness (QED) is 0.613. The minimum absolute atomic E-state index is 0.168. The van der Waals surface area contributed by atoms with Gasteiger partial charge in [-0.25, -0.2) is 4.79 Å². The zero-order valence-corrected chi connectivity index (χ0v) is 18.1. The molecule has 0 bridgehead atoms. The number of ether oxygens (including phenoxy) is 2. The Morgan fingerprint density at radius 2 is 1.88 bits per heavy atom. The zero-order valence-electron chi connectivity index (χ0n) is 17.3. The van der Waals surface area contributed by atoms with Crippen LogP contribution >= 0.6 is 11.6 Å². The smallest absolute Gasteiger partial charge is 0.416 e. The monoisotopic (exact) mass is 468 g/mol. The van der Waals surface area contributed by atoms with Crippen molar-refractivity contribution in [3.05, 3.63) is 64.7 Å². The van der Waals surface area contributed by atoms with Crippen molar-refractivity contribution < 1.29 is 27.4 Å². The molecule has 2 heterocycles. The van der Waals surface area contributed by atoms with Crippen LogP contribution < -0.4 is 10.1 Å². The van der Waals surface area contributed by atoms with Crippen LogP contribution in [0.4, 0.5) is 18.0 Å². The number of likely N-dealkylation sites (tertiary alicyclic amines) is 1. The lowest BCUT2D eigenvalue weighted by atomic mass is 9.91. The van der Waals surface area contributed by atoms with Crippen LogP contribution in [-0.4, -0.2) is 42.8 Å². The SMILES string of the molecule is O=C1NCC2(CCN(CC[C@H](Oc3cccc(C(F)(F)F)c3)c3ccc(Cl)cc3)CC2)O1. The van der Waals surface area contributed by atoms with E-state index in [1.54, 1.807) is 12.1 Å². The first-order valence-electron chi connectivity index (χ1n) is 10.5. The molecule has 1 atom stereocenters. The normalized spacial score (nSPS) is 19.4. The van der Waals surface area contributed by atoms with Crippen LogP contribution in [0.15, 0.2) is 48.5 Å². The van der Waals surface area contributed by atoms with Crippen LogP contribution in [0.2, 0.25) is 5.02 Å². The third-order valence-electron chi connectivity index (χ3n) is 6.02. The topological polar surface area (TPSA) is 50.8 Å². The lowest BCUT2D eigenvalue weighted by Gasteiger charge is -2.37. The summed E-state index contributed by atoms with van der Waals surface area (Å²) >= 11 is 6.00. The second kappa shape index (κ2) is 9.19. The molecule has 0 unspecified atom stereocenters. The number of piperidine rings is 1. The van der Waals surface area contributed by atoms with E-state index >= 15 is 0 Å². The lowest BCUT2D eigenvalue weighted by Crippen LogP contribution is -2.47. The van der Waals surface area contributed by atoms with Crippen LogP contribution in [0.5, 0.6) is 5.75 Å². The number of rotatable bonds is 6. The standard InChI is InChI=1S/C23H24ClF3N2O3/c24-18-6-4-16(5-7-18)20(31-19-3-1-2-17(14-19)23(25,26)27)8-11-29-12-9-22(10-13-29)15-28-21(30)32-22/h1-7,14,20H,8-13,15H2,(H,28,30)/t20-/m0/s1. The first-order valence-corrected chi connectivity index (χ1v) is 10.9. The van der Waals surface area contributed by atoms with Gasteiger partial charge in [-0.1, -0.05) is 29.8 Å². The molecular weight excluding hydrogens is 445 g/mol. The number of carbonyl (C=O) groups excluding carboxylic acids is 1. The maximum absolute atomic E-state index is 13.1. The number of alkyl carbamates (subject to hydrolysis) is 1. The van der Waals surface area contributed by atoms with Gasteiger partial charge < -0.3 is 19.7 Å². The van der Waals surface area contributed by atoms with Gasteiger partial charge in [-0.15, -0.1) is 0 Å². The van der Waals surface area contributed by atoms with Gasteiger partial charge in [-0.3, -0.25) is 0 Å². The number of alkyl halides is 3. The molecule has 5 nitrogen and oxygen atoms in total. The summed E-state index contributed by atoms with van der Waals surface area (Å²) in [5.41, 5.74) is -0.322. The molecule has 0 aromatic heterocycles. The highest BCUT2D eigenvalue weighted by atomic mass is 35.5. The number of nitrogens with one attached hydrogen (secondary N) is 1. The largest absolute Gasteiger partial charge is 0.486 e. The minimum atomic E-state index is -4.43. The number of hydrogen-bond donors (Lipinski definition) is 1. The summed E-state index contributed by atoms with van der Waals surface area (Å²) in [6.45, 7) is 2.77. The summed E-state index contributed by atoms with van der Waals surface area (Å²) in [6, 6.07) is 12.1. The van der Waals surface area contributed by atoms with E-state index in [0.29, 0.717) is 24.5 Å². The summed E-state index contributed by atoms with van der Waals surface area (Å²) in [6.07, 6.45) is -3.16. The van der Waals surface area contributed by atoms with Crippen molar-refractivity contribution in [2.45, 2.75) is 37.1 Å². The van der Waals surface area contributed by atoms with Gasteiger partial charge in [0.05, 0.1) is 12.1 Å². The molecule has 1 N–H and O–H groups in total. The van der Waals surface area contributed by atoms with Gasteiger partial charge in [0, 0.05) is 43.9 Å². The molecule has 2 aromatic carbocycles. The second-order valence-electron chi connectivity index (χ2n) is 8.24. The highest BCUT2D eigenvalue weighted by Crippen LogP contribution is 2.34. The highest BCUT2D eigenvalue weighted by Gasteiger charge is 2.42. The first-order chi connectivity index (χ1) is 15.2. The van der Waals surface area contributed by atoms with Gasteiger partial charge in [-0.05, 0) is 35.9 Å². The number of benzene rings is 2. The van der Waals surface area contributed by atoms with Crippen molar-refractivity contribution in [1.29, 1.82) is 0 Å². The molecule has 0 saturated carbocycles. The van der Waals surface area contributed by atoms with Gasteiger partial charge in [0.15, 0.2) is 0 Å². The molecule has 4 rings (SSSR count). The minimum Gasteiger partial charge on any atom is -0.486 e. The Kier molecular flexibility index (Phi) is 6.53. The molecule has 1 spiro atoms. The van der Waals surface area contributed by atoms with Crippen LogP contribution in [0.3, 0.4) is 0 Å². The first kappa shape index (κ1) is 22.7. The molecular formula is C23H24ClF3N2O3. The Balaban J connectivity index is 1.43. The summed E-state index contributed by atoms with van der Waals surface area (Å²) in [4.78, 5) is 13.7. The molecule has 2 saturated heterocycles. The van der Waals surface area contributed by atoms with Gasteiger partial charge in [0.2, 0.25) is 0 Å². The van der Waals surface area contributed by atoms with Crippen molar-refractivity contribution in [3.8, 4) is 5.75 Å². The van der Waals surface area contributed by atoms with E-state index in [2.05, 4.69) is 10.2 Å². The predicted molar refractivity (Wildman–Crippen MR) is 114 cm³/mol. The van der Waals surface area contributed by atoms with Crippen molar-refractivity contribution in [3.63, 3.8) is 0 Å². The van der Waals surface area contributed by atoms with Crippen LogP contribution in [-0.2, 0) is 10.9 Å². The maximum atomic E-state index is 13.1. The summed E-state index contributed by atoms with van der Waals surface area (Å²) in [5, 5.41) is 3.30. The van der Waals surface area contributed by atoms with Crippen molar-refractivity contribution in [2.75, 3.05) is 26.2 Å². The molecule has 2 fully saturated rings. The fourth-order valence-electron chi connectivity index (χ4n) is 4.15. The Bertz CT molecular complexity index is 944. The number of amides is 1. The van der Waals surface area contributed by atoms with Gasteiger partial charge >= 0.3 is 12.3 Å². The molecule has 32 heavy (non-hydrogen) atoms. The zero-order chi connectivity index (χ0) is 22.8. The average Bonchev–Trinajstić information content (AvgIpc) is 3.12. The lowest BCUT2D eigenvalue weighted by molar-refractivity contribution is -0.137. The van der Waals surface area contributed by atoms with Crippen LogP contribution in [0.1, 0.15) is 36.5 Å². The molecule has 0 radical (unpaired) electrons. The Morgan fingerprint density at radius 1 is 1.16 bits per heavy atom. The molecule has 1 amide bonds. The fraction of sp³-hybridized carbons (Fsp3) is 0.435. The Hall–Kier alpha value is -2.45. The van der Waals surface area contributed by atoms with E-state index in [0.717, 1.165) is 43.6 Å². The Morgan fingerprint density at radius 3 is 2.50 bits per heavy atom. The molecule has 0 aliphatic carbocycles. The van der Waals surface area contributed by atoms with Crippen molar-refractivity contribution in [2.24, 2.45) is 0 Å². The number of halogens is 4. The predicted octanol–water partition coefficient (Wildman–Crippen LogP) is 5.44. The van der Waals surface area contributed by atoms with E-state index in [1.165, 1.54) is 12.1 Å². The van der Waals surface area contributed by atoms with Crippen LogP contribution in [0, 0.1) is 0 Å². The maximum Gasteiger partial charge on any atom is 0.416 e. The van der Waals surface area contributed by atoms with E-state index < -0.39 is 23.4 Å². The van der Waals surface area contributed by atoms with Gasteiger partial charge in [0.1, 0.15) is 17.5 Å². The summed E-state index contributed by atoms with van der Waals surface area (Å²) < 4.78 is 50.8. The van der Waals surface area contributed by atoms with Crippen LogP contribution in [0.25, 0.3) is 0 Å². The van der Waals surface area contributed by atoms with Gasteiger partial charge in [0.25, 0.3) is 0 Å². The molecule has 2 aliphatic rings. The van der Waals surface area contributed by atoms with Crippen molar-refractivity contribution in [1.82, 2.24) is 10.2 Å². The third kappa shape index (κ3) is 5.48. The number of hydrogen-bond acceptors (Lipinski definition) is 4. The number of carbonyl (C=O) groups is 1. The summed E-state index contributed by atoms with van der Waals surface area (Å²) in [5.74, 6) is 0.168.